The summed E-state index contributed by atoms with van der Waals surface area (Å²) >= 11 is 5.96. The highest BCUT2D eigenvalue weighted by Gasteiger charge is 2.33. The average molecular weight is 289 g/mol. The van der Waals surface area contributed by atoms with Crippen LogP contribution in [0.3, 0.4) is 0 Å². The molecule has 1 aromatic heterocycles. The molecular formula is C10H13ClN4O4. The fraction of sp³-hybridized carbons (Fsp3) is 0.700. The summed E-state index contributed by atoms with van der Waals surface area (Å²) in [6, 6.07) is 0.399. The van der Waals surface area contributed by atoms with Crippen LogP contribution in [0.4, 0.5) is 5.69 Å². The standard InChI is InChI=1S/C10H13ClN4O4/c11-10-8(15(16)17)3-12-14(10)9-4-13(1-2-19-9)7-5-18-6-7/h3,7,9H,1-2,4-6H2. The van der Waals surface area contributed by atoms with Crippen molar-refractivity contribution >= 4 is 17.3 Å². The van der Waals surface area contributed by atoms with E-state index in [2.05, 4.69) is 10.00 Å². The van der Waals surface area contributed by atoms with E-state index in [1.165, 1.54) is 4.68 Å². The third kappa shape index (κ3) is 2.32. The van der Waals surface area contributed by atoms with Crippen LogP contribution >= 0.6 is 11.6 Å². The van der Waals surface area contributed by atoms with Crippen LogP contribution in [0.25, 0.3) is 0 Å². The molecule has 104 valence electrons. The van der Waals surface area contributed by atoms with Crippen molar-refractivity contribution in [3.05, 3.63) is 21.5 Å². The molecule has 8 nitrogen and oxygen atoms in total. The van der Waals surface area contributed by atoms with Crippen LogP contribution in [-0.4, -0.2) is 58.6 Å². The Bertz CT molecular complexity index is 490. The maximum atomic E-state index is 10.7. The van der Waals surface area contributed by atoms with Gasteiger partial charge in [0.2, 0.25) is 5.15 Å². The van der Waals surface area contributed by atoms with Gasteiger partial charge < -0.3 is 9.47 Å². The van der Waals surface area contributed by atoms with Gasteiger partial charge in [0.25, 0.3) is 0 Å². The third-order valence-corrected chi connectivity index (χ3v) is 3.77. The number of rotatable bonds is 3. The lowest BCUT2D eigenvalue weighted by Gasteiger charge is -2.41. The number of nitro groups is 1. The third-order valence-electron chi connectivity index (χ3n) is 3.40. The van der Waals surface area contributed by atoms with Crippen LogP contribution in [0, 0.1) is 10.1 Å². The van der Waals surface area contributed by atoms with Gasteiger partial charge in [-0.1, -0.05) is 11.6 Å². The first-order valence-electron chi connectivity index (χ1n) is 5.97. The first-order valence-corrected chi connectivity index (χ1v) is 6.35. The van der Waals surface area contributed by atoms with E-state index < -0.39 is 11.2 Å². The van der Waals surface area contributed by atoms with E-state index in [9.17, 15) is 10.1 Å². The van der Waals surface area contributed by atoms with E-state index in [1.54, 1.807) is 0 Å². The number of halogens is 1. The van der Waals surface area contributed by atoms with Gasteiger partial charge in [-0.25, -0.2) is 4.68 Å². The molecule has 0 N–H and O–H groups in total. The molecule has 2 saturated heterocycles. The summed E-state index contributed by atoms with van der Waals surface area (Å²) in [5.74, 6) is 0. The monoisotopic (exact) mass is 288 g/mol. The maximum absolute atomic E-state index is 10.7. The summed E-state index contributed by atoms with van der Waals surface area (Å²) in [6.45, 7) is 3.42. The Morgan fingerprint density at radius 2 is 2.32 bits per heavy atom. The fourth-order valence-electron chi connectivity index (χ4n) is 2.23. The fourth-order valence-corrected chi connectivity index (χ4v) is 2.50. The summed E-state index contributed by atoms with van der Waals surface area (Å²) < 4.78 is 12.1. The molecule has 1 aromatic rings. The van der Waals surface area contributed by atoms with Gasteiger partial charge in [0.05, 0.1) is 30.8 Å². The second kappa shape index (κ2) is 5.04. The number of morpholine rings is 1. The summed E-state index contributed by atoms with van der Waals surface area (Å²) in [5, 5.41) is 14.7. The zero-order valence-corrected chi connectivity index (χ0v) is 10.8. The minimum Gasteiger partial charge on any atom is -0.378 e. The molecule has 2 fully saturated rings. The predicted octanol–water partition coefficient (Wildman–Crippen LogP) is 0.674. The molecule has 0 saturated carbocycles. The van der Waals surface area contributed by atoms with Crippen LogP contribution in [0.2, 0.25) is 5.15 Å². The average Bonchev–Trinajstić information content (AvgIpc) is 2.69. The number of hydrogen-bond donors (Lipinski definition) is 0. The van der Waals surface area contributed by atoms with Crippen molar-refractivity contribution in [1.82, 2.24) is 14.7 Å². The van der Waals surface area contributed by atoms with E-state index in [0.29, 0.717) is 19.2 Å². The van der Waals surface area contributed by atoms with Crippen molar-refractivity contribution in [3.8, 4) is 0 Å². The summed E-state index contributed by atoms with van der Waals surface area (Å²) in [5.41, 5.74) is -0.200. The van der Waals surface area contributed by atoms with Gasteiger partial charge in [0.15, 0.2) is 6.23 Å². The number of nitrogens with zero attached hydrogens (tertiary/aromatic N) is 4. The Hall–Kier alpha value is -1.22. The predicted molar refractivity (Wildman–Crippen MR) is 65.1 cm³/mol. The zero-order chi connectivity index (χ0) is 13.4. The lowest BCUT2D eigenvalue weighted by molar-refractivity contribution is -0.384. The molecule has 1 unspecified atom stereocenters. The molecular weight excluding hydrogens is 276 g/mol. The highest BCUT2D eigenvalue weighted by molar-refractivity contribution is 6.31. The Morgan fingerprint density at radius 1 is 1.53 bits per heavy atom. The molecule has 0 radical (unpaired) electrons. The molecule has 0 aliphatic carbocycles. The maximum Gasteiger partial charge on any atom is 0.325 e. The largest absolute Gasteiger partial charge is 0.378 e. The summed E-state index contributed by atoms with van der Waals surface area (Å²) in [4.78, 5) is 12.4. The zero-order valence-electron chi connectivity index (χ0n) is 10.1. The van der Waals surface area contributed by atoms with Gasteiger partial charge in [-0.2, -0.15) is 5.10 Å². The van der Waals surface area contributed by atoms with Gasteiger partial charge in [-0.3, -0.25) is 15.0 Å². The molecule has 0 aromatic carbocycles. The van der Waals surface area contributed by atoms with E-state index in [4.69, 9.17) is 21.1 Å². The first kappa shape index (κ1) is 12.8. The van der Waals surface area contributed by atoms with E-state index >= 15 is 0 Å². The Morgan fingerprint density at radius 3 is 2.89 bits per heavy atom. The van der Waals surface area contributed by atoms with Crippen molar-refractivity contribution in [2.45, 2.75) is 12.3 Å². The highest BCUT2D eigenvalue weighted by Crippen LogP contribution is 2.29. The highest BCUT2D eigenvalue weighted by atomic mass is 35.5. The number of aromatic nitrogens is 2. The Kier molecular flexibility index (Phi) is 3.40. The molecule has 0 bridgehead atoms. The summed E-state index contributed by atoms with van der Waals surface area (Å²) in [6.07, 6.45) is 0.757. The molecule has 9 heteroatoms. The second-order valence-corrected chi connectivity index (χ2v) is 4.89. The molecule has 2 aliphatic rings. The van der Waals surface area contributed by atoms with Gasteiger partial charge in [0, 0.05) is 13.1 Å². The number of ether oxygens (including phenoxy) is 2. The molecule has 1 atom stereocenters. The Labute approximate surface area is 114 Å². The normalized spacial score (nSPS) is 25.2. The quantitative estimate of drug-likeness (QED) is 0.601. The first-order chi connectivity index (χ1) is 9.16. The molecule has 3 heterocycles. The molecule has 19 heavy (non-hydrogen) atoms. The van der Waals surface area contributed by atoms with Crippen LogP contribution < -0.4 is 0 Å². The van der Waals surface area contributed by atoms with Crippen LogP contribution in [0.5, 0.6) is 0 Å². The SMILES string of the molecule is O=[N+]([O-])c1cnn(C2CN(C3COC3)CCO2)c1Cl. The van der Waals surface area contributed by atoms with Crippen molar-refractivity contribution in [3.63, 3.8) is 0 Å². The van der Waals surface area contributed by atoms with Gasteiger partial charge in [0.1, 0.15) is 6.20 Å². The molecule has 3 rings (SSSR count). The van der Waals surface area contributed by atoms with Gasteiger partial charge in [-0.05, 0) is 0 Å². The van der Waals surface area contributed by atoms with Crippen LogP contribution in [0.1, 0.15) is 6.23 Å². The van der Waals surface area contributed by atoms with Crippen molar-refractivity contribution in [2.24, 2.45) is 0 Å². The lowest BCUT2D eigenvalue weighted by atomic mass is 10.2. The minimum absolute atomic E-state index is 0.00158. The van der Waals surface area contributed by atoms with Crippen molar-refractivity contribution in [1.29, 1.82) is 0 Å². The van der Waals surface area contributed by atoms with E-state index in [-0.39, 0.29) is 10.8 Å². The Balaban J connectivity index is 1.75. The van der Waals surface area contributed by atoms with E-state index in [0.717, 1.165) is 26.0 Å². The van der Waals surface area contributed by atoms with Crippen molar-refractivity contribution < 1.29 is 14.4 Å². The van der Waals surface area contributed by atoms with Crippen molar-refractivity contribution in [2.75, 3.05) is 32.9 Å². The molecule has 2 aliphatic heterocycles. The number of hydrogen-bond acceptors (Lipinski definition) is 6. The van der Waals surface area contributed by atoms with Crippen LogP contribution in [0.15, 0.2) is 6.20 Å². The summed E-state index contributed by atoms with van der Waals surface area (Å²) in [7, 11) is 0. The lowest BCUT2D eigenvalue weighted by Crippen LogP contribution is -2.54. The molecule has 0 amide bonds. The topological polar surface area (TPSA) is 82.7 Å². The minimum atomic E-state index is -0.549. The van der Waals surface area contributed by atoms with Gasteiger partial charge >= 0.3 is 5.69 Å². The second-order valence-electron chi connectivity index (χ2n) is 4.53. The molecule has 0 spiro atoms. The van der Waals surface area contributed by atoms with E-state index in [1.807, 2.05) is 0 Å². The van der Waals surface area contributed by atoms with Crippen LogP contribution in [-0.2, 0) is 9.47 Å². The smallest absolute Gasteiger partial charge is 0.325 e. The van der Waals surface area contributed by atoms with Gasteiger partial charge in [-0.15, -0.1) is 0 Å².